The molecule has 0 bridgehead atoms. The number of aromatic nitrogens is 2. The molecule has 0 aromatic carbocycles. The smallest absolute Gasteiger partial charge is 0.240 e. The number of hydrogen-bond donors (Lipinski definition) is 0. The molecule has 14 heavy (non-hydrogen) atoms. The third kappa shape index (κ3) is 2.35. The molecule has 2 nitrogen and oxygen atoms in total. The van der Waals surface area contributed by atoms with Crippen molar-refractivity contribution in [2.24, 2.45) is 0 Å². The molecule has 0 saturated heterocycles. The molecule has 0 saturated carbocycles. The van der Waals surface area contributed by atoms with Gasteiger partial charge in [0.25, 0.3) is 0 Å². The predicted octanol–water partition coefficient (Wildman–Crippen LogP) is 3.27. The number of nitrogens with zero attached hydrogens (tertiary/aromatic N) is 2. The van der Waals surface area contributed by atoms with Crippen LogP contribution in [0.2, 0.25) is 5.15 Å². The molecule has 0 unspecified atom stereocenters. The topological polar surface area (TPSA) is 25.8 Å². The Bertz CT molecular complexity index is 336. The lowest BCUT2D eigenvalue weighted by Gasteiger charge is -2.09. The van der Waals surface area contributed by atoms with Gasteiger partial charge in [-0.15, -0.1) is 0 Å². The minimum atomic E-state index is -4.49. The van der Waals surface area contributed by atoms with Crippen LogP contribution in [0.3, 0.4) is 0 Å². The molecule has 0 atom stereocenters. The third-order valence-corrected chi connectivity index (χ3v) is 1.87. The summed E-state index contributed by atoms with van der Waals surface area (Å²) in [5, 5.41) is -0.545. The van der Waals surface area contributed by atoms with Gasteiger partial charge in [-0.3, -0.25) is 0 Å². The summed E-state index contributed by atoms with van der Waals surface area (Å²) in [6.45, 7) is 3.55. The highest BCUT2D eigenvalue weighted by atomic mass is 35.5. The molecule has 1 aromatic rings. The highest BCUT2D eigenvalue weighted by molar-refractivity contribution is 6.30. The van der Waals surface area contributed by atoms with E-state index in [1.54, 1.807) is 13.8 Å². The summed E-state index contributed by atoms with van der Waals surface area (Å²) in [6.07, 6.45) is -3.78. The predicted molar refractivity (Wildman–Crippen MR) is 46.1 cm³/mol. The van der Waals surface area contributed by atoms with Crippen LogP contribution in [0.25, 0.3) is 0 Å². The molecule has 0 aliphatic rings. The standard InChI is InChI=1S/C8H8ClF3N2/c1-4(2)7-13-3-5(6(9)14-7)8(10,11)12/h3-4H,1-2H3. The average molecular weight is 225 g/mol. The lowest BCUT2D eigenvalue weighted by Crippen LogP contribution is -2.09. The first kappa shape index (κ1) is 11.2. The van der Waals surface area contributed by atoms with E-state index in [4.69, 9.17) is 11.6 Å². The summed E-state index contributed by atoms with van der Waals surface area (Å²) < 4.78 is 36.7. The molecule has 0 N–H and O–H groups in total. The van der Waals surface area contributed by atoms with Gasteiger partial charge in [-0.05, 0) is 0 Å². The summed E-state index contributed by atoms with van der Waals surface area (Å²) >= 11 is 5.39. The Morgan fingerprint density at radius 1 is 1.36 bits per heavy atom. The normalized spacial score (nSPS) is 12.2. The summed E-state index contributed by atoms with van der Waals surface area (Å²) in [5.74, 6) is 0.262. The van der Waals surface area contributed by atoms with Crippen molar-refractivity contribution >= 4 is 11.6 Å². The molecular weight excluding hydrogens is 217 g/mol. The van der Waals surface area contributed by atoms with E-state index in [1.807, 2.05) is 0 Å². The molecular formula is C8H8ClF3N2. The van der Waals surface area contributed by atoms with E-state index in [0.29, 0.717) is 12.0 Å². The quantitative estimate of drug-likeness (QED) is 0.685. The minimum Gasteiger partial charge on any atom is -0.240 e. The largest absolute Gasteiger partial charge is 0.420 e. The van der Waals surface area contributed by atoms with Gasteiger partial charge in [-0.25, -0.2) is 9.97 Å². The Hall–Kier alpha value is -0.840. The van der Waals surface area contributed by atoms with Crippen LogP contribution in [0.5, 0.6) is 0 Å². The van der Waals surface area contributed by atoms with Gasteiger partial charge in [0.15, 0.2) is 0 Å². The van der Waals surface area contributed by atoms with Crippen LogP contribution in [0.15, 0.2) is 6.20 Å². The summed E-state index contributed by atoms with van der Waals surface area (Å²) in [7, 11) is 0. The molecule has 1 heterocycles. The van der Waals surface area contributed by atoms with Crippen LogP contribution >= 0.6 is 11.6 Å². The number of alkyl halides is 3. The minimum absolute atomic E-state index is 0.0465. The van der Waals surface area contributed by atoms with E-state index in [1.165, 1.54) is 0 Å². The Labute approximate surface area is 84.1 Å². The number of halogens is 4. The molecule has 0 aliphatic carbocycles. The molecule has 1 aromatic heterocycles. The van der Waals surface area contributed by atoms with E-state index < -0.39 is 16.9 Å². The van der Waals surface area contributed by atoms with Crippen molar-refractivity contribution in [3.05, 3.63) is 22.7 Å². The fourth-order valence-electron chi connectivity index (χ4n) is 0.842. The van der Waals surface area contributed by atoms with Crippen LogP contribution < -0.4 is 0 Å². The fraction of sp³-hybridized carbons (Fsp3) is 0.500. The summed E-state index contributed by atoms with van der Waals surface area (Å²) in [5.41, 5.74) is -0.997. The van der Waals surface area contributed by atoms with Crippen molar-refractivity contribution < 1.29 is 13.2 Å². The second-order valence-electron chi connectivity index (χ2n) is 3.09. The van der Waals surface area contributed by atoms with Gasteiger partial charge in [0.2, 0.25) is 0 Å². The maximum atomic E-state index is 12.2. The van der Waals surface area contributed by atoms with E-state index in [-0.39, 0.29) is 5.92 Å². The zero-order chi connectivity index (χ0) is 10.9. The summed E-state index contributed by atoms with van der Waals surface area (Å²) in [6, 6.07) is 0. The molecule has 1 rings (SSSR count). The van der Waals surface area contributed by atoms with Gasteiger partial charge in [0.1, 0.15) is 16.5 Å². The van der Waals surface area contributed by atoms with Crippen LogP contribution in [0.1, 0.15) is 31.2 Å². The highest BCUT2D eigenvalue weighted by Gasteiger charge is 2.34. The Balaban J connectivity index is 3.15. The molecule has 0 spiro atoms. The second-order valence-corrected chi connectivity index (χ2v) is 3.44. The van der Waals surface area contributed by atoms with Gasteiger partial charge < -0.3 is 0 Å². The van der Waals surface area contributed by atoms with Crippen molar-refractivity contribution in [1.82, 2.24) is 9.97 Å². The molecule has 0 fully saturated rings. The number of rotatable bonds is 1. The first-order chi connectivity index (χ1) is 6.32. The maximum Gasteiger partial charge on any atom is 0.420 e. The Kier molecular flexibility index (Phi) is 2.99. The zero-order valence-electron chi connectivity index (χ0n) is 7.56. The molecule has 6 heteroatoms. The SMILES string of the molecule is CC(C)c1ncc(C(F)(F)F)c(Cl)n1. The molecule has 78 valence electrons. The van der Waals surface area contributed by atoms with Crippen LogP contribution in [0, 0.1) is 0 Å². The first-order valence-electron chi connectivity index (χ1n) is 3.92. The lowest BCUT2D eigenvalue weighted by molar-refractivity contribution is -0.138. The highest BCUT2D eigenvalue weighted by Crippen LogP contribution is 2.33. The van der Waals surface area contributed by atoms with Gasteiger partial charge >= 0.3 is 6.18 Å². The Morgan fingerprint density at radius 3 is 2.29 bits per heavy atom. The number of hydrogen-bond acceptors (Lipinski definition) is 2. The van der Waals surface area contributed by atoms with Crippen LogP contribution in [-0.2, 0) is 6.18 Å². The summed E-state index contributed by atoms with van der Waals surface area (Å²) in [4.78, 5) is 7.16. The lowest BCUT2D eigenvalue weighted by atomic mass is 10.2. The van der Waals surface area contributed by atoms with Crippen molar-refractivity contribution in [2.75, 3.05) is 0 Å². The van der Waals surface area contributed by atoms with Crippen LogP contribution in [0.4, 0.5) is 13.2 Å². The maximum absolute atomic E-state index is 12.2. The van der Waals surface area contributed by atoms with Gasteiger partial charge in [-0.1, -0.05) is 25.4 Å². The van der Waals surface area contributed by atoms with Crippen molar-refractivity contribution in [3.63, 3.8) is 0 Å². The third-order valence-electron chi connectivity index (χ3n) is 1.58. The van der Waals surface area contributed by atoms with Crippen molar-refractivity contribution in [2.45, 2.75) is 25.9 Å². The molecule has 0 aliphatic heterocycles. The first-order valence-corrected chi connectivity index (χ1v) is 4.29. The van der Waals surface area contributed by atoms with E-state index in [2.05, 4.69) is 9.97 Å². The van der Waals surface area contributed by atoms with Crippen molar-refractivity contribution in [1.29, 1.82) is 0 Å². The monoisotopic (exact) mass is 224 g/mol. The van der Waals surface area contributed by atoms with E-state index in [0.717, 1.165) is 0 Å². The van der Waals surface area contributed by atoms with Gasteiger partial charge in [0, 0.05) is 12.1 Å². The van der Waals surface area contributed by atoms with E-state index >= 15 is 0 Å². The zero-order valence-corrected chi connectivity index (χ0v) is 8.32. The van der Waals surface area contributed by atoms with Gasteiger partial charge in [-0.2, -0.15) is 13.2 Å². The van der Waals surface area contributed by atoms with Crippen molar-refractivity contribution in [3.8, 4) is 0 Å². The molecule has 0 radical (unpaired) electrons. The molecule has 0 amide bonds. The van der Waals surface area contributed by atoms with Gasteiger partial charge in [0.05, 0.1) is 0 Å². The Morgan fingerprint density at radius 2 is 1.93 bits per heavy atom. The fourth-order valence-corrected chi connectivity index (χ4v) is 1.08. The average Bonchev–Trinajstić information content (AvgIpc) is 2.01. The van der Waals surface area contributed by atoms with E-state index in [9.17, 15) is 13.2 Å². The van der Waals surface area contributed by atoms with Crippen LogP contribution in [-0.4, -0.2) is 9.97 Å². The second kappa shape index (κ2) is 3.73.